The molecule has 0 bridgehead atoms. The summed E-state index contributed by atoms with van der Waals surface area (Å²) in [5.41, 5.74) is 15.7. The molecule has 13 heteroatoms. The molecule has 0 aromatic heterocycles. The zero-order valence-electron chi connectivity index (χ0n) is 23.8. The number of hydrazine groups is 1. The van der Waals surface area contributed by atoms with E-state index in [-0.39, 0.29) is 25.5 Å². The fraction of sp³-hybridized carbons (Fsp3) is 0.333. The molecule has 0 spiro atoms. The highest BCUT2D eigenvalue weighted by molar-refractivity contribution is 9.10. The number of aliphatic hydroxyl groups is 1. The molecule has 0 unspecified atom stereocenters. The Balaban J connectivity index is 1.79. The first-order valence-electron chi connectivity index (χ1n) is 13.5. The van der Waals surface area contributed by atoms with E-state index in [2.05, 4.69) is 36.8 Å². The average Bonchev–Trinajstić information content (AvgIpc) is 3.41. The van der Waals surface area contributed by atoms with E-state index < -0.39 is 23.8 Å². The Morgan fingerprint density at radius 1 is 1.14 bits per heavy atom. The van der Waals surface area contributed by atoms with Crippen LogP contribution in [0.15, 0.2) is 87.4 Å². The Labute approximate surface area is 257 Å². The minimum atomic E-state index is -1.52. The number of aliphatic hydroxyl groups excluding tert-OH is 1. The number of halogens is 1. The lowest BCUT2D eigenvalue weighted by atomic mass is 9.81. The molecule has 3 N–H and O–H groups in total. The van der Waals surface area contributed by atoms with Crippen LogP contribution in [-0.2, 0) is 25.4 Å². The average molecular weight is 654 g/mol. The molecule has 1 aliphatic heterocycles. The van der Waals surface area contributed by atoms with Crippen LogP contribution in [0.1, 0.15) is 29.2 Å². The van der Waals surface area contributed by atoms with Gasteiger partial charge in [0.25, 0.3) is 5.91 Å². The maximum atomic E-state index is 14.2. The van der Waals surface area contributed by atoms with Crippen molar-refractivity contribution in [2.24, 2.45) is 10.1 Å². The smallest absolute Gasteiger partial charge is 0.266 e. The van der Waals surface area contributed by atoms with Gasteiger partial charge >= 0.3 is 0 Å². The highest BCUT2D eigenvalue weighted by atomic mass is 79.9. The van der Waals surface area contributed by atoms with Crippen molar-refractivity contribution in [3.8, 4) is 5.75 Å². The van der Waals surface area contributed by atoms with Crippen LogP contribution in [0.25, 0.3) is 10.4 Å². The molecule has 0 fully saturated rings. The Kier molecular flexibility index (Phi) is 11.5. The van der Waals surface area contributed by atoms with Crippen LogP contribution in [0, 0.1) is 0 Å². The number of benzene rings is 3. The van der Waals surface area contributed by atoms with Gasteiger partial charge in [-0.3, -0.25) is 10.2 Å². The van der Waals surface area contributed by atoms with Crippen LogP contribution < -0.4 is 15.6 Å². The number of hydrogen-bond acceptors (Lipinski definition) is 9. The second-order valence-corrected chi connectivity index (χ2v) is 10.5. The minimum absolute atomic E-state index is 0.0381. The van der Waals surface area contributed by atoms with Crippen LogP contribution in [-0.4, -0.2) is 62.7 Å². The molecule has 1 aliphatic rings. The highest BCUT2D eigenvalue weighted by Gasteiger charge is 2.54. The van der Waals surface area contributed by atoms with E-state index in [1.807, 2.05) is 24.3 Å². The highest BCUT2D eigenvalue weighted by Crippen LogP contribution is 2.45. The molecule has 1 heterocycles. The fourth-order valence-corrected chi connectivity index (χ4v) is 4.87. The summed E-state index contributed by atoms with van der Waals surface area (Å²) in [4.78, 5) is 22.2. The summed E-state index contributed by atoms with van der Waals surface area (Å²) in [7, 11) is 3.00. The number of amides is 1. The zero-order chi connectivity index (χ0) is 30.7. The molecule has 226 valence electrons. The van der Waals surface area contributed by atoms with Crippen molar-refractivity contribution in [3.63, 3.8) is 0 Å². The predicted molar refractivity (Wildman–Crippen MR) is 164 cm³/mol. The Morgan fingerprint density at radius 3 is 2.53 bits per heavy atom. The van der Waals surface area contributed by atoms with Crippen molar-refractivity contribution in [2.45, 2.75) is 30.8 Å². The molecular weight excluding hydrogens is 620 g/mol. The minimum Gasteiger partial charge on any atom is -0.494 e. The molecule has 2 atom stereocenters. The molecule has 3 aromatic carbocycles. The van der Waals surface area contributed by atoms with Gasteiger partial charge in [-0.05, 0) is 47.5 Å². The van der Waals surface area contributed by atoms with Crippen LogP contribution in [0.3, 0.4) is 0 Å². The molecule has 4 rings (SSSR count). The quantitative estimate of drug-likeness (QED) is 0.0526. The van der Waals surface area contributed by atoms with E-state index in [1.165, 1.54) is 14.2 Å². The number of carbonyl (C=O) groups excluding carboxylic acids is 1. The number of carbonyl (C=O) groups is 1. The van der Waals surface area contributed by atoms with Gasteiger partial charge in [-0.15, -0.1) is 0 Å². The van der Waals surface area contributed by atoms with E-state index >= 15 is 0 Å². The summed E-state index contributed by atoms with van der Waals surface area (Å²) < 4.78 is 23.5. The fourth-order valence-electron chi connectivity index (χ4n) is 4.61. The van der Waals surface area contributed by atoms with E-state index in [0.717, 1.165) is 10.0 Å². The van der Waals surface area contributed by atoms with Crippen LogP contribution in [0.5, 0.6) is 5.75 Å². The lowest BCUT2D eigenvalue weighted by molar-refractivity contribution is -0.131. The Hall–Kier alpha value is -3.97. The number of methoxy groups -OCH3 is 2. The lowest BCUT2D eigenvalue weighted by Crippen LogP contribution is -2.55. The Bertz CT molecular complexity index is 1440. The third-order valence-corrected chi connectivity index (χ3v) is 7.31. The summed E-state index contributed by atoms with van der Waals surface area (Å²) in [6.45, 7) is 0.584. The van der Waals surface area contributed by atoms with Crippen molar-refractivity contribution in [1.82, 2.24) is 10.9 Å². The van der Waals surface area contributed by atoms with Gasteiger partial charge in [0.15, 0.2) is 17.9 Å². The van der Waals surface area contributed by atoms with Crippen molar-refractivity contribution >= 4 is 33.4 Å². The van der Waals surface area contributed by atoms with Gasteiger partial charge < -0.3 is 24.1 Å². The van der Waals surface area contributed by atoms with Gasteiger partial charge in [-0.1, -0.05) is 57.4 Å². The van der Waals surface area contributed by atoms with E-state index in [9.17, 15) is 10.3 Å². The van der Waals surface area contributed by atoms with Crippen molar-refractivity contribution in [1.29, 1.82) is 0 Å². The third kappa shape index (κ3) is 7.90. The molecule has 3 aromatic rings. The summed E-state index contributed by atoms with van der Waals surface area (Å²) >= 11 is 3.47. The van der Waals surface area contributed by atoms with Gasteiger partial charge in [0, 0.05) is 59.9 Å². The Morgan fingerprint density at radius 2 is 1.86 bits per heavy atom. The number of aliphatic imine (C=N–C) groups is 1. The molecule has 0 aliphatic carbocycles. The summed E-state index contributed by atoms with van der Waals surface area (Å²) in [6.07, 6.45) is -0.884. The molecule has 0 radical (unpaired) electrons. The maximum absolute atomic E-state index is 14.2. The first-order chi connectivity index (χ1) is 20.9. The first-order valence-corrected chi connectivity index (χ1v) is 14.3. The number of azide groups is 1. The van der Waals surface area contributed by atoms with Gasteiger partial charge in [-0.25, -0.2) is 10.4 Å². The van der Waals surface area contributed by atoms with Crippen LogP contribution >= 0.6 is 15.9 Å². The third-order valence-electron chi connectivity index (χ3n) is 6.78. The normalized spacial score (nSPS) is 17.6. The second kappa shape index (κ2) is 15.5. The van der Waals surface area contributed by atoms with Crippen LogP contribution in [0.4, 0.5) is 5.69 Å². The summed E-state index contributed by atoms with van der Waals surface area (Å²) in [5.74, 6) is 0.387. The van der Waals surface area contributed by atoms with Crippen molar-refractivity contribution < 1.29 is 28.8 Å². The SMILES string of the molecule is COC(CNNC(=O)[C@@]1(Cc2ccc(Br)cc2)N=C(c2ccc(OCCCO)cc2)O[C@H]1c1ccccc1N=[N+]=[N-])OC. The van der Waals surface area contributed by atoms with Gasteiger partial charge in [0.2, 0.25) is 5.90 Å². The van der Waals surface area contributed by atoms with E-state index in [0.29, 0.717) is 35.6 Å². The summed E-state index contributed by atoms with van der Waals surface area (Å²) in [5, 5.41) is 12.9. The van der Waals surface area contributed by atoms with Gasteiger partial charge in [0.1, 0.15) is 5.75 Å². The lowest BCUT2D eigenvalue weighted by Gasteiger charge is -2.31. The predicted octanol–water partition coefficient (Wildman–Crippen LogP) is 4.89. The number of ether oxygens (including phenoxy) is 4. The van der Waals surface area contributed by atoms with Gasteiger partial charge in [0.05, 0.1) is 13.2 Å². The monoisotopic (exact) mass is 652 g/mol. The molecule has 0 saturated heterocycles. The number of hydrogen-bond donors (Lipinski definition) is 3. The van der Waals surface area contributed by atoms with Crippen molar-refractivity contribution in [3.05, 3.63) is 104 Å². The number of nitrogens with zero attached hydrogens (tertiary/aromatic N) is 4. The molecular formula is C30H33BrN6O6. The largest absolute Gasteiger partial charge is 0.494 e. The second-order valence-electron chi connectivity index (χ2n) is 9.58. The topological polar surface area (TPSA) is 159 Å². The van der Waals surface area contributed by atoms with E-state index in [1.54, 1.807) is 48.5 Å². The molecule has 0 saturated carbocycles. The van der Waals surface area contributed by atoms with Gasteiger partial charge in [-0.2, -0.15) is 0 Å². The first kappa shape index (κ1) is 32.0. The van der Waals surface area contributed by atoms with E-state index in [4.69, 9.17) is 29.0 Å². The standard InChI is InChI=1S/C30H33BrN6O6/c1-40-26(41-2)19-33-36-29(39)30(18-20-8-12-22(31)13-9-20)27(24-6-3-4-7-25(24)35-37-32)43-28(34-30)21-10-14-23(15-11-21)42-17-5-16-38/h3-4,6-15,26-27,33,38H,5,16-19H2,1-2H3,(H,36,39)/t27-,30-/m0/s1. The maximum Gasteiger partial charge on any atom is 0.266 e. The number of rotatable bonds is 15. The molecule has 43 heavy (non-hydrogen) atoms. The molecule has 12 nitrogen and oxygen atoms in total. The number of nitrogens with one attached hydrogen (secondary N) is 2. The molecule has 1 amide bonds. The zero-order valence-corrected chi connectivity index (χ0v) is 25.4. The van der Waals surface area contributed by atoms with Crippen LogP contribution in [0.2, 0.25) is 0 Å². The van der Waals surface area contributed by atoms with Crippen molar-refractivity contribution in [2.75, 3.05) is 34.0 Å². The summed E-state index contributed by atoms with van der Waals surface area (Å²) in [6, 6.07) is 21.7.